The first kappa shape index (κ1) is 14.1. The molecule has 0 aliphatic carbocycles. The Bertz CT molecular complexity index is 803. The molecule has 23 heavy (non-hydrogen) atoms. The lowest BCUT2D eigenvalue weighted by Crippen LogP contribution is -2.35. The van der Waals surface area contributed by atoms with Gasteiger partial charge in [-0.2, -0.15) is 4.98 Å². The highest BCUT2D eigenvalue weighted by atomic mass is 16.5. The number of hydrogen-bond donors (Lipinski definition) is 3. The van der Waals surface area contributed by atoms with E-state index in [1.54, 1.807) is 0 Å². The highest BCUT2D eigenvalue weighted by molar-refractivity contribution is 5.87. The van der Waals surface area contributed by atoms with Crippen molar-refractivity contribution in [2.24, 2.45) is 0 Å². The zero-order chi connectivity index (χ0) is 15.6. The van der Waals surface area contributed by atoms with E-state index in [1.807, 2.05) is 13.0 Å². The summed E-state index contributed by atoms with van der Waals surface area (Å²) in [6.07, 6.45) is 2.50. The van der Waals surface area contributed by atoms with Crippen LogP contribution in [0.1, 0.15) is 23.7 Å². The Morgan fingerprint density at radius 2 is 2.09 bits per heavy atom. The molecule has 7 heteroatoms. The molecular weight excluding hydrogens is 292 g/mol. The summed E-state index contributed by atoms with van der Waals surface area (Å²) >= 11 is 0. The maximum atomic E-state index is 5.17. The van der Waals surface area contributed by atoms with E-state index in [9.17, 15) is 0 Å². The molecule has 2 unspecified atom stereocenters. The van der Waals surface area contributed by atoms with Crippen molar-refractivity contribution in [2.45, 2.75) is 25.4 Å². The van der Waals surface area contributed by atoms with Crippen LogP contribution in [0.2, 0.25) is 0 Å². The van der Waals surface area contributed by atoms with E-state index in [1.165, 1.54) is 11.9 Å². The molecule has 0 bridgehead atoms. The number of fused-ring (bicyclic) bond motifs is 1. The molecule has 2 aromatic heterocycles. The number of rotatable bonds is 4. The van der Waals surface area contributed by atoms with Crippen LogP contribution in [0, 0.1) is 6.92 Å². The van der Waals surface area contributed by atoms with Gasteiger partial charge in [-0.15, -0.1) is 0 Å². The molecule has 1 fully saturated rings. The normalized spacial score (nSPS) is 20.9. The van der Waals surface area contributed by atoms with E-state index in [2.05, 4.69) is 55.6 Å². The molecule has 0 amide bonds. The third-order valence-corrected chi connectivity index (χ3v) is 4.14. The minimum Gasteiger partial charge on any atom is -0.368 e. The molecule has 7 nitrogen and oxygen atoms in total. The lowest BCUT2D eigenvalue weighted by atomic mass is 10.0. The van der Waals surface area contributed by atoms with Gasteiger partial charge in [0, 0.05) is 18.6 Å². The third kappa shape index (κ3) is 2.76. The quantitative estimate of drug-likeness (QED) is 0.678. The van der Waals surface area contributed by atoms with Crippen molar-refractivity contribution in [1.29, 1.82) is 0 Å². The maximum Gasteiger partial charge on any atom is 0.263 e. The smallest absolute Gasteiger partial charge is 0.263 e. The fourth-order valence-corrected chi connectivity index (χ4v) is 2.94. The summed E-state index contributed by atoms with van der Waals surface area (Å²) in [6.45, 7) is 2.65. The van der Waals surface area contributed by atoms with Crippen LogP contribution in [0.25, 0.3) is 11.1 Å². The first-order valence-corrected chi connectivity index (χ1v) is 7.68. The van der Waals surface area contributed by atoms with E-state index in [-0.39, 0.29) is 0 Å². The van der Waals surface area contributed by atoms with Crippen molar-refractivity contribution < 1.29 is 4.52 Å². The topological polar surface area (TPSA) is 87.9 Å². The van der Waals surface area contributed by atoms with Crippen LogP contribution in [0.15, 0.2) is 41.2 Å². The second kappa shape index (κ2) is 5.94. The van der Waals surface area contributed by atoms with Gasteiger partial charge in [0.2, 0.25) is 0 Å². The van der Waals surface area contributed by atoms with Crippen LogP contribution < -0.4 is 16.2 Å². The number of nitrogens with one attached hydrogen (secondary N) is 3. The third-order valence-electron chi connectivity index (χ3n) is 4.14. The van der Waals surface area contributed by atoms with Crippen LogP contribution in [-0.4, -0.2) is 27.7 Å². The van der Waals surface area contributed by atoms with E-state index in [0.29, 0.717) is 17.8 Å². The number of hydrogen-bond acceptors (Lipinski definition) is 7. The van der Waals surface area contributed by atoms with Crippen LogP contribution in [0.3, 0.4) is 0 Å². The molecule has 2 atom stereocenters. The Morgan fingerprint density at radius 1 is 1.22 bits per heavy atom. The highest BCUT2D eigenvalue weighted by Gasteiger charge is 2.25. The Hall–Kier alpha value is -2.51. The molecule has 3 heterocycles. The van der Waals surface area contributed by atoms with Gasteiger partial charge in [-0.05, 0) is 18.9 Å². The molecule has 0 saturated carbocycles. The lowest BCUT2D eigenvalue weighted by Gasteiger charge is -2.11. The van der Waals surface area contributed by atoms with Crippen LogP contribution in [0.5, 0.6) is 0 Å². The number of anilines is 1. The molecule has 1 aromatic carbocycles. The average molecular weight is 310 g/mol. The van der Waals surface area contributed by atoms with Crippen molar-refractivity contribution in [1.82, 2.24) is 26.0 Å². The summed E-state index contributed by atoms with van der Waals surface area (Å²) in [5.74, 6) is 0.763. The molecule has 4 rings (SSSR count). The summed E-state index contributed by atoms with van der Waals surface area (Å²) < 4.78 is 5.17. The zero-order valence-electron chi connectivity index (χ0n) is 12.8. The van der Waals surface area contributed by atoms with Gasteiger partial charge in [-0.1, -0.05) is 35.5 Å². The number of nitrogens with zero attached hydrogens (tertiary/aromatic N) is 3. The largest absolute Gasteiger partial charge is 0.368 e. The fourth-order valence-electron chi connectivity index (χ4n) is 2.94. The second-order valence-electron chi connectivity index (χ2n) is 5.74. The average Bonchev–Trinajstić information content (AvgIpc) is 3.21. The summed E-state index contributed by atoms with van der Waals surface area (Å²) in [5, 5.41) is 8.16. The predicted octanol–water partition coefficient (Wildman–Crippen LogP) is 1.95. The Kier molecular flexibility index (Phi) is 3.64. The number of aryl methyl sites for hydroxylation is 1. The summed E-state index contributed by atoms with van der Waals surface area (Å²) in [4.78, 5) is 8.39. The summed E-state index contributed by atoms with van der Waals surface area (Å²) in [7, 11) is 0. The van der Waals surface area contributed by atoms with Gasteiger partial charge in [0.15, 0.2) is 0 Å². The molecular formula is C16H18N6O. The van der Waals surface area contributed by atoms with Crippen molar-refractivity contribution in [2.75, 3.05) is 11.9 Å². The predicted molar refractivity (Wildman–Crippen MR) is 86.7 cm³/mol. The fraction of sp³-hybridized carbons (Fsp3) is 0.312. The molecule has 0 spiro atoms. The summed E-state index contributed by atoms with van der Waals surface area (Å²) in [6, 6.07) is 11.1. The standard InChI is InChI=1S/C16H18N6O/c1-10-14-15(18-9-19-16(14)23-22-10)17-8-12-7-13(21-20-12)11-5-3-2-4-6-11/h2-6,9,12-13,20-21H,7-8H2,1H3,(H,17,18,19). The van der Waals surface area contributed by atoms with Crippen molar-refractivity contribution in [3.8, 4) is 0 Å². The Labute approximate surface area is 133 Å². The van der Waals surface area contributed by atoms with Crippen LogP contribution in [0.4, 0.5) is 5.82 Å². The second-order valence-corrected chi connectivity index (χ2v) is 5.74. The van der Waals surface area contributed by atoms with E-state index in [0.717, 1.165) is 29.9 Å². The van der Waals surface area contributed by atoms with Crippen LogP contribution in [-0.2, 0) is 0 Å². The molecule has 3 N–H and O–H groups in total. The molecule has 0 radical (unpaired) electrons. The Balaban J connectivity index is 1.43. The van der Waals surface area contributed by atoms with Crippen LogP contribution >= 0.6 is 0 Å². The van der Waals surface area contributed by atoms with Gasteiger partial charge < -0.3 is 9.84 Å². The number of benzene rings is 1. The van der Waals surface area contributed by atoms with Gasteiger partial charge in [-0.25, -0.2) is 10.4 Å². The van der Waals surface area contributed by atoms with Gasteiger partial charge in [0.25, 0.3) is 5.71 Å². The first-order valence-electron chi connectivity index (χ1n) is 7.68. The lowest BCUT2D eigenvalue weighted by molar-refractivity contribution is 0.442. The minimum absolute atomic E-state index is 0.311. The van der Waals surface area contributed by atoms with Crippen molar-refractivity contribution in [3.63, 3.8) is 0 Å². The number of hydrazine groups is 1. The van der Waals surface area contributed by atoms with E-state index in [4.69, 9.17) is 4.52 Å². The highest BCUT2D eigenvalue weighted by Crippen LogP contribution is 2.24. The monoisotopic (exact) mass is 310 g/mol. The molecule has 1 saturated heterocycles. The van der Waals surface area contributed by atoms with Gasteiger partial charge in [0.1, 0.15) is 17.5 Å². The SMILES string of the molecule is Cc1noc2ncnc(NCC3CC(c4ccccc4)NN3)c12. The van der Waals surface area contributed by atoms with Gasteiger partial charge in [0.05, 0.1) is 5.69 Å². The van der Waals surface area contributed by atoms with Gasteiger partial charge >= 0.3 is 0 Å². The molecule has 118 valence electrons. The number of aromatic nitrogens is 3. The van der Waals surface area contributed by atoms with Crippen molar-refractivity contribution >= 4 is 16.9 Å². The van der Waals surface area contributed by atoms with E-state index < -0.39 is 0 Å². The van der Waals surface area contributed by atoms with Crippen molar-refractivity contribution in [3.05, 3.63) is 47.9 Å². The molecule has 1 aliphatic rings. The van der Waals surface area contributed by atoms with Gasteiger partial charge in [-0.3, -0.25) is 5.43 Å². The summed E-state index contributed by atoms with van der Waals surface area (Å²) in [5.41, 5.74) is 9.29. The zero-order valence-corrected chi connectivity index (χ0v) is 12.8. The molecule has 3 aromatic rings. The Morgan fingerprint density at radius 3 is 2.96 bits per heavy atom. The first-order chi connectivity index (χ1) is 11.3. The van der Waals surface area contributed by atoms with E-state index >= 15 is 0 Å². The maximum absolute atomic E-state index is 5.17. The molecule has 1 aliphatic heterocycles. The minimum atomic E-state index is 0.311.